The maximum atomic E-state index is 10.6. The molecule has 1 fully saturated rings. The van der Waals surface area contributed by atoms with E-state index in [4.69, 9.17) is 0 Å². The summed E-state index contributed by atoms with van der Waals surface area (Å²) >= 11 is 0. The van der Waals surface area contributed by atoms with Gasteiger partial charge in [-0.15, -0.1) is 0 Å². The summed E-state index contributed by atoms with van der Waals surface area (Å²) in [4.78, 5) is 10.6. The van der Waals surface area contributed by atoms with Crippen molar-refractivity contribution in [1.82, 2.24) is 5.32 Å². The highest BCUT2D eigenvalue weighted by Crippen LogP contribution is 2.12. The maximum absolute atomic E-state index is 10.6. The van der Waals surface area contributed by atoms with E-state index >= 15 is 0 Å². The first kappa shape index (κ1) is 8.47. The molecule has 0 aromatic heterocycles. The number of carbonyl (C=O) groups is 1. The summed E-state index contributed by atoms with van der Waals surface area (Å²) in [5.41, 5.74) is 0. The topological polar surface area (TPSA) is 29.1 Å². The van der Waals surface area contributed by atoms with E-state index in [1.165, 1.54) is 12.8 Å². The van der Waals surface area contributed by atoms with Crippen LogP contribution in [0.1, 0.15) is 19.8 Å². The quantitative estimate of drug-likeness (QED) is 0.602. The van der Waals surface area contributed by atoms with E-state index in [1.807, 2.05) is 6.08 Å². The third kappa shape index (κ3) is 3.33. The molecule has 0 spiro atoms. The van der Waals surface area contributed by atoms with Crippen molar-refractivity contribution < 1.29 is 4.79 Å². The fourth-order valence-electron chi connectivity index (χ4n) is 1.31. The normalized spacial score (nSPS) is 20.8. The van der Waals surface area contributed by atoms with Crippen LogP contribution in [-0.2, 0) is 4.79 Å². The van der Waals surface area contributed by atoms with Crippen LogP contribution >= 0.6 is 0 Å². The fourth-order valence-corrected chi connectivity index (χ4v) is 1.31. The SMILES string of the molecule is CC(=O)/C=C/C1CCNCC1. The minimum atomic E-state index is 0.156. The highest BCUT2D eigenvalue weighted by molar-refractivity contribution is 5.87. The molecule has 0 bridgehead atoms. The molecule has 2 heteroatoms. The van der Waals surface area contributed by atoms with Crippen LogP contribution in [-0.4, -0.2) is 18.9 Å². The minimum Gasteiger partial charge on any atom is -0.317 e. The van der Waals surface area contributed by atoms with E-state index in [0.29, 0.717) is 5.92 Å². The lowest BCUT2D eigenvalue weighted by Gasteiger charge is -2.18. The lowest BCUT2D eigenvalue weighted by molar-refractivity contribution is -0.112. The predicted molar refractivity (Wildman–Crippen MR) is 45.4 cm³/mol. The molecule has 0 aromatic carbocycles. The Kier molecular flexibility index (Phi) is 3.30. The molecule has 1 saturated heterocycles. The van der Waals surface area contributed by atoms with Crippen molar-refractivity contribution in [3.8, 4) is 0 Å². The predicted octanol–water partition coefficient (Wildman–Crippen LogP) is 1.13. The van der Waals surface area contributed by atoms with Crippen molar-refractivity contribution in [3.63, 3.8) is 0 Å². The van der Waals surface area contributed by atoms with E-state index in [1.54, 1.807) is 13.0 Å². The Morgan fingerprint density at radius 2 is 2.09 bits per heavy atom. The minimum absolute atomic E-state index is 0.156. The number of carbonyl (C=O) groups excluding carboxylic acids is 1. The molecular weight excluding hydrogens is 138 g/mol. The molecule has 1 rings (SSSR count). The van der Waals surface area contributed by atoms with Gasteiger partial charge in [0.15, 0.2) is 5.78 Å². The summed E-state index contributed by atoms with van der Waals surface area (Å²) in [6, 6.07) is 0. The van der Waals surface area contributed by atoms with Crippen LogP contribution in [0.4, 0.5) is 0 Å². The molecule has 11 heavy (non-hydrogen) atoms. The molecule has 0 aliphatic carbocycles. The summed E-state index contributed by atoms with van der Waals surface area (Å²) in [6.07, 6.45) is 6.08. The van der Waals surface area contributed by atoms with Crippen molar-refractivity contribution in [1.29, 1.82) is 0 Å². The Labute approximate surface area is 67.7 Å². The van der Waals surface area contributed by atoms with E-state index in [-0.39, 0.29) is 5.78 Å². The highest BCUT2D eigenvalue weighted by Gasteiger charge is 2.08. The Morgan fingerprint density at radius 3 is 2.64 bits per heavy atom. The van der Waals surface area contributed by atoms with Crippen LogP contribution in [0.15, 0.2) is 12.2 Å². The summed E-state index contributed by atoms with van der Waals surface area (Å²) in [6.45, 7) is 3.78. The molecule has 2 nitrogen and oxygen atoms in total. The Morgan fingerprint density at radius 1 is 1.45 bits per heavy atom. The second-order valence-corrected chi connectivity index (χ2v) is 3.06. The third-order valence-corrected chi connectivity index (χ3v) is 1.99. The zero-order valence-electron chi connectivity index (χ0n) is 6.97. The molecule has 0 saturated carbocycles. The summed E-state index contributed by atoms with van der Waals surface area (Å²) in [5.74, 6) is 0.781. The second-order valence-electron chi connectivity index (χ2n) is 3.06. The van der Waals surface area contributed by atoms with E-state index in [0.717, 1.165) is 13.1 Å². The lowest BCUT2D eigenvalue weighted by atomic mass is 9.97. The number of nitrogens with one attached hydrogen (secondary N) is 1. The number of allylic oxidation sites excluding steroid dienone is 2. The van der Waals surface area contributed by atoms with E-state index in [9.17, 15) is 4.79 Å². The van der Waals surface area contributed by atoms with Crippen molar-refractivity contribution in [2.75, 3.05) is 13.1 Å². The third-order valence-electron chi connectivity index (χ3n) is 1.99. The fraction of sp³-hybridized carbons (Fsp3) is 0.667. The number of hydrogen-bond donors (Lipinski definition) is 1. The molecule has 1 aliphatic heterocycles. The average Bonchev–Trinajstić information content (AvgIpc) is 2.03. The molecule has 1 aliphatic rings. The van der Waals surface area contributed by atoms with E-state index in [2.05, 4.69) is 5.32 Å². The number of rotatable bonds is 2. The molecule has 0 atom stereocenters. The molecule has 1 N–H and O–H groups in total. The molecular formula is C9H15NO. The zero-order chi connectivity index (χ0) is 8.10. The lowest BCUT2D eigenvalue weighted by Crippen LogP contribution is -2.26. The molecule has 62 valence electrons. The van der Waals surface area contributed by atoms with Crippen molar-refractivity contribution >= 4 is 5.78 Å². The Hall–Kier alpha value is -0.630. The summed E-state index contributed by atoms with van der Waals surface area (Å²) < 4.78 is 0. The van der Waals surface area contributed by atoms with Crippen LogP contribution in [0.2, 0.25) is 0 Å². The molecule has 0 radical (unpaired) electrons. The van der Waals surface area contributed by atoms with Gasteiger partial charge in [0.1, 0.15) is 0 Å². The van der Waals surface area contributed by atoms with Crippen LogP contribution in [0.5, 0.6) is 0 Å². The zero-order valence-corrected chi connectivity index (χ0v) is 6.97. The summed E-state index contributed by atoms with van der Waals surface area (Å²) in [7, 11) is 0. The van der Waals surface area contributed by atoms with Crippen molar-refractivity contribution in [2.24, 2.45) is 5.92 Å². The van der Waals surface area contributed by atoms with Gasteiger partial charge in [0.25, 0.3) is 0 Å². The van der Waals surface area contributed by atoms with Gasteiger partial charge in [0, 0.05) is 0 Å². The van der Waals surface area contributed by atoms with Gasteiger partial charge in [-0.05, 0) is 44.8 Å². The number of hydrogen-bond acceptors (Lipinski definition) is 2. The first-order valence-electron chi connectivity index (χ1n) is 4.18. The van der Waals surface area contributed by atoms with Gasteiger partial charge in [-0.1, -0.05) is 6.08 Å². The monoisotopic (exact) mass is 153 g/mol. The van der Waals surface area contributed by atoms with Gasteiger partial charge in [-0.25, -0.2) is 0 Å². The van der Waals surface area contributed by atoms with E-state index < -0.39 is 0 Å². The van der Waals surface area contributed by atoms with Gasteiger partial charge >= 0.3 is 0 Å². The van der Waals surface area contributed by atoms with Crippen LogP contribution in [0.3, 0.4) is 0 Å². The van der Waals surface area contributed by atoms with Gasteiger partial charge in [0.2, 0.25) is 0 Å². The summed E-state index contributed by atoms with van der Waals surface area (Å²) in [5, 5.41) is 3.28. The van der Waals surface area contributed by atoms with Crippen molar-refractivity contribution in [3.05, 3.63) is 12.2 Å². The Bertz CT molecular complexity index is 157. The van der Waals surface area contributed by atoms with Crippen LogP contribution in [0, 0.1) is 5.92 Å². The highest BCUT2D eigenvalue weighted by atomic mass is 16.1. The maximum Gasteiger partial charge on any atom is 0.152 e. The van der Waals surface area contributed by atoms with Gasteiger partial charge < -0.3 is 5.32 Å². The average molecular weight is 153 g/mol. The molecule has 1 heterocycles. The smallest absolute Gasteiger partial charge is 0.152 e. The van der Waals surface area contributed by atoms with Gasteiger partial charge in [-0.2, -0.15) is 0 Å². The molecule has 0 unspecified atom stereocenters. The van der Waals surface area contributed by atoms with Crippen molar-refractivity contribution in [2.45, 2.75) is 19.8 Å². The van der Waals surface area contributed by atoms with Gasteiger partial charge in [-0.3, -0.25) is 4.79 Å². The van der Waals surface area contributed by atoms with Gasteiger partial charge in [0.05, 0.1) is 0 Å². The number of ketones is 1. The second kappa shape index (κ2) is 4.29. The first-order chi connectivity index (χ1) is 5.29. The first-order valence-corrected chi connectivity index (χ1v) is 4.18. The molecule has 0 amide bonds. The standard InChI is InChI=1S/C9H15NO/c1-8(11)2-3-9-4-6-10-7-5-9/h2-3,9-10H,4-7H2,1H3/b3-2+. The Balaban J connectivity index is 2.29. The van der Waals surface area contributed by atoms with Crippen LogP contribution < -0.4 is 5.32 Å². The van der Waals surface area contributed by atoms with Crippen LogP contribution in [0.25, 0.3) is 0 Å². The molecule has 0 aromatic rings. The largest absolute Gasteiger partial charge is 0.317 e. The number of piperidine rings is 1.